The van der Waals surface area contributed by atoms with E-state index in [1.54, 1.807) is 12.8 Å². The second-order valence-electron chi connectivity index (χ2n) is 1.78. The van der Waals surface area contributed by atoms with Crippen LogP contribution < -0.4 is 0 Å². The van der Waals surface area contributed by atoms with Gasteiger partial charge in [-0.25, -0.2) is 0 Å². The molecular weight excluding hydrogens is 240 g/mol. The van der Waals surface area contributed by atoms with E-state index >= 15 is 0 Å². The van der Waals surface area contributed by atoms with Crippen LogP contribution in [-0.2, 0) is 35.8 Å². The van der Waals surface area contributed by atoms with Gasteiger partial charge < -0.3 is 11.2 Å². The number of allylic oxidation sites excluding steroid dienone is 2. The summed E-state index contributed by atoms with van der Waals surface area (Å²) in [6.45, 7) is 13.5. The van der Waals surface area contributed by atoms with E-state index in [0.717, 1.165) is 12.8 Å². The Balaban J connectivity index is -0.0000000755. The molecule has 0 spiro atoms. The van der Waals surface area contributed by atoms with Crippen LogP contribution in [0.5, 0.6) is 0 Å². The Morgan fingerprint density at radius 2 is 1.60 bits per heavy atom. The van der Waals surface area contributed by atoms with Gasteiger partial charge in [0, 0.05) is 29.3 Å². The molecule has 0 heterocycles. The molecule has 0 saturated heterocycles. The summed E-state index contributed by atoms with van der Waals surface area (Å²) in [4.78, 5) is 10.5. The first-order chi connectivity index (χ1) is 6.89. The van der Waals surface area contributed by atoms with Crippen molar-refractivity contribution in [2.24, 2.45) is 0 Å². The molecule has 0 aromatic carbocycles. The third-order valence-electron chi connectivity index (χ3n) is 1.08. The Bertz CT molecular complexity index is 201. The Kier molecular flexibility index (Phi) is 46.2. The summed E-state index contributed by atoms with van der Waals surface area (Å²) in [6.07, 6.45) is 9.01. The van der Waals surface area contributed by atoms with E-state index in [0.29, 0.717) is 0 Å². The predicted molar refractivity (Wildman–Crippen MR) is 43.8 cm³/mol. The number of ketones is 1. The van der Waals surface area contributed by atoms with Gasteiger partial charge in [0.25, 0.3) is 0 Å². The molecule has 0 aromatic rings. The van der Waals surface area contributed by atoms with Crippen LogP contribution in [0.15, 0.2) is 12.2 Å². The molecule has 0 aromatic heterocycles. The van der Waals surface area contributed by atoms with Gasteiger partial charge in [0.05, 0.1) is 0 Å². The Morgan fingerprint density at radius 1 is 1.13 bits per heavy atom. The Labute approximate surface area is 99.7 Å². The van der Waals surface area contributed by atoms with Gasteiger partial charge in [-0.3, -0.25) is 0 Å². The molecule has 4 nitrogen and oxygen atoms in total. The van der Waals surface area contributed by atoms with Crippen LogP contribution in [0.2, 0.25) is 0 Å². The summed E-state index contributed by atoms with van der Waals surface area (Å²) in [5, 5.41) is 0. The van der Waals surface area contributed by atoms with Gasteiger partial charge in [0.2, 0.25) is 0 Å². The molecule has 0 bridgehead atoms. The van der Waals surface area contributed by atoms with Crippen molar-refractivity contribution >= 4 is 5.78 Å². The van der Waals surface area contributed by atoms with Crippen LogP contribution in [0, 0.1) is 32.8 Å². The van der Waals surface area contributed by atoms with Crippen molar-refractivity contribution < 1.29 is 35.8 Å². The standard InChI is InChI=1S/C7H8O.3CO.Fe/c8-7-5-3-1-2-4-6-7;3*1-2;/h1,3,5-6H,2,4H2;;;;/q-1;;;;. The first-order valence-corrected chi connectivity index (χ1v) is 3.38. The van der Waals surface area contributed by atoms with Crippen LogP contribution in [-0.4, -0.2) is 5.78 Å². The van der Waals surface area contributed by atoms with Crippen molar-refractivity contribution in [3.63, 3.8) is 0 Å². The maximum atomic E-state index is 10.5. The summed E-state index contributed by atoms with van der Waals surface area (Å²) < 4.78 is 22.5. The van der Waals surface area contributed by atoms with E-state index in [1.807, 2.05) is 12.2 Å². The van der Waals surface area contributed by atoms with E-state index < -0.39 is 0 Å². The molecule has 1 rings (SSSR count). The number of carbonyl (C=O) groups excluding carboxylic acids is 1. The molecule has 0 fully saturated rings. The number of hydrogen-bond acceptors (Lipinski definition) is 1. The fraction of sp³-hybridized carbons (Fsp3) is 0.200. The van der Waals surface area contributed by atoms with E-state index in [4.69, 9.17) is 14.0 Å². The van der Waals surface area contributed by atoms with Crippen LogP contribution in [0.3, 0.4) is 0 Å². The fourth-order valence-corrected chi connectivity index (χ4v) is 0.649. The fourth-order valence-electron chi connectivity index (χ4n) is 0.649. The zero-order valence-electron chi connectivity index (χ0n) is 7.71. The zero-order chi connectivity index (χ0) is 11.8. The molecular formula is C10H8FeO4-. The van der Waals surface area contributed by atoms with Crippen molar-refractivity contribution in [3.05, 3.63) is 44.9 Å². The van der Waals surface area contributed by atoms with Crippen molar-refractivity contribution in [2.45, 2.75) is 12.8 Å². The third kappa shape index (κ3) is 24.6. The summed E-state index contributed by atoms with van der Waals surface area (Å²) in [6, 6.07) is 0. The first-order valence-electron chi connectivity index (χ1n) is 3.38. The minimum Gasteiger partial charge on any atom is 0 e. The maximum absolute atomic E-state index is 10.5. The van der Waals surface area contributed by atoms with Gasteiger partial charge in [-0.15, -0.1) is 0 Å². The number of rotatable bonds is 0. The van der Waals surface area contributed by atoms with E-state index in [1.165, 1.54) is 0 Å². The molecule has 1 radical (unpaired) electrons. The van der Waals surface area contributed by atoms with Crippen molar-refractivity contribution in [1.82, 2.24) is 0 Å². The summed E-state index contributed by atoms with van der Waals surface area (Å²) in [5.41, 5.74) is 0. The van der Waals surface area contributed by atoms with Gasteiger partial charge >= 0.3 is 33.9 Å². The number of Topliss-reactive ketones (excluding diaryl/α,β-unsaturated/α-hetero) is 1. The molecule has 0 saturated carbocycles. The van der Waals surface area contributed by atoms with Crippen molar-refractivity contribution in [1.29, 1.82) is 0 Å². The molecule has 1 aliphatic carbocycles. The predicted octanol–water partition coefficient (Wildman–Crippen LogP) is 1.20. The van der Waals surface area contributed by atoms with Gasteiger partial charge in [-0.05, 0) is 0 Å². The monoisotopic (exact) mass is 248 g/mol. The molecule has 15 heavy (non-hydrogen) atoms. The quantitative estimate of drug-likeness (QED) is 0.360. The third-order valence-corrected chi connectivity index (χ3v) is 1.08. The zero-order valence-corrected chi connectivity index (χ0v) is 8.81. The second kappa shape index (κ2) is 29.2. The van der Waals surface area contributed by atoms with Crippen molar-refractivity contribution in [3.8, 4) is 0 Å². The molecule has 0 amide bonds. The van der Waals surface area contributed by atoms with Gasteiger partial charge in [0.1, 0.15) is 0 Å². The molecule has 5 heteroatoms. The Morgan fingerprint density at radius 3 is 2.07 bits per heavy atom. The summed E-state index contributed by atoms with van der Waals surface area (Å²) in [7, 11) is 0. The molecule has 0 atom stereocenters. The summed E-state index contributed by atoms with van der Waals surface area (Å²) >= 11 is 0. The Hall–Kier alpha value is -0.981. The van der Waals surface area contributed by atoms with Gasteiger partial charge in [0.15, 0.2) is 0 Å². The average Bonchev–Trinajstić information content (AvgIpc) is 2.54. The minimum absolute atomic E-state index is 0. The van der Waals surface area contributed by atoms with Crippen LogP contribution in [0.25, 0.3) is 0 Å². The van der Waals surface area contributed by atoms with E-state index in [-0.39, 0.29) is 22.9 Å². The number of hydrogen-bond donors (Lipinski definition) is 0. The van der Waals surface area contributed by atoms with E-state index in [2.05, 4.69) is 20.0 Å². The largest absolute Gasteiger partial charge is 0 e. The van der Waals surface area contributed by atoms with E-state index in [9.17, 15) is 4.79 Å². The van der Waals surface area contributed by atoms with Crippen LogP contribution in [0.1, 0.15) is 12.8 Å². The second-order valence-corrected chi connectivity index (χ2v) is 1.78. The molecule has 0 unspecified atom stereocenters. The average molecular weight is 248 g/mol. The first kappa shape index (κ1) is 23.7. The van der Waals surface area contributed by atoms with Gasteiger partial charge in [-0.2, -0.15) is 6.42 Å². The molecule has 0 aliphatic heterocycles. The maximum Gasteiger partial charge on any atom is 0 e. The smallest absolute Gasteiger partial charge is 0 e. The van der Waals surface area contributed by atoms with Gasteiger partial charge in [-0.1, -0.05) is 18.6 Å². The van der Waals surface area contributed by atoms with Crippen LogP contribution >= 0.6 is 0 Å². The van der Waals surface area contributed by atoms with Crippen LogP contribution in [0.4, 0.5) is 0 Å². The SMILES string of the molecule is O=C1[CH]C=CCC[CH-]1.[C-]#[O+].[C-]#[O+].[C-]#[O+].[Fe]. The number of carbonyl (C=O) groups is 1. The van der Waals surface area contributed by atoms with Crippen molar-refractivity contribution in [2.75, 3.05) is 0 Å². The minimum atomic E-state index is 0. The topological polar surface area (TPSA) is 76.8 Å². The normalized spacial score (nSPS) is 10.9. The molecule has 1 aliphatic rings. The molecule has 81 valence electrons. The summed E-state index contributed by atoms with van der Waals surface area (Å²) in [5.74, 6) is 0.138. The molecule has 0 N–H and O–H groups in total.